The monoisotopic (exact) mass is 205 g/mol. The van der Waals surface area contributed by atoms with E-state index in [2.05, 4.69) is 18.7 Å². The molecular weight excluding hydrogens is 184 g/mol. The second kappa shape index (κ2) is 4.13. The van der Waals surface area contributed by atoms with E-state index in [0.717, 1.165) is 0 Å². The lowest BCUT2D eigenvalue weighted by atomic mass is 9.84. The first-order chi connectivity index (χ1) is 6.34. The van der Waals surface area contributed by atoms with Crippen LogP contribution in [-0.4, -0.2) is 30.0 Å². The van der Waals surface area contributed by atoms with Crippen molar-refractivity contribution in [1.82, 2.24) is 4.90 Å². The molecule has 0 aromatic rings. The van der Waals surface area contributed by atoms with E-state index >= 15 is 0 Å². The Hall–Kier alpha value is -0.180. The van der Waals surface area contributed by atoms with Gasteiger partial charge in [0.25, 0.3) is 5.92 Å². The van der Waals surface area contributed by atoms with Crippen LogP contribution in [0.4, 0.5) is 8.78 Å². The Labute approximate surface area is 85.5 Å². The average molecular weight is 205 g/mol. The van der Waals surface area contributed by atoms with Gasteiger partial charge in [-0.05, 0) is 19.8 Å². The Morgan fingerprint density at radius 2 is 1.79 bits per heavy atom. The van der Waals surface area contributed by atoms with Crippen molar-refractivity contribution < 1.29 is 8.78 Å². The van der Waals surface area contributed by atoms with Crippen LogP contribution in [0.15, 0.2) is 0 Å². The number of halogens is 2. The SMILES string of the molecule is CC(C)C1CN(C(C)C)CCC1(F)F. The second-order valence-corrected chi connectivity index (χ2v) is 4.95. The van der Waals surface area contributed by atoms with Gasteiger partial charge in [0.05, 0.1) is 0 Å². The van der Waals surface area contributed by atoms with Crippen molar-refractivity contribution in [3.05, 3.63) is 0 Å². The molecule has 1 atom stereocenters. The predicted molar refractivity (Wildman–Crippen MR) is 54.6 cm³/mol. The van der Waals surface area contributed by atoms with Crippen molar-refractivity contribution in [2.24, 2.45) is 11.8 Å². The summed E-state index contributed by atoms with van der Waals surface area (Å²) in [6.07, 6.45) is 0.0219. The first-order valence-corrected chi connectivity index (χ1v) is 5.46. The van der Waals surface area contributed by atoms with Gasteiger partial charge < -0.3 is 4.90 Å². The van der Waals surface area contributed by atoms with E-state index in [1.54, 1.807) is 0 Å². The van der Waals surface area contributed by atoms with E-state index in [1.165, 1.54) is 0 Å². The molecule has 0 amide bonds. The summed E-state index contributed by atoms with van der Waals surface area (Å²) in [6, 6.07) is 0.382. The van der Waals surface area contributed by atoms with Crippen LogP contribution >= 0.6 is 0 Å². The number of hydrogen-bond donors (Lipinski definition) is 0. The zero-order valence-corrected chi connectivity index (χ0v) is 9.56. The molecule has 1 rings (SSSR count). The topological polar surface area (TPSA) is 3.24 Å². The van der Waals surface area contributed by atoms with Crippen LogP contribution < -0.4 is 0 Å². The lowest BCUT2D eigenvalue weighted by Gasteiger charge is -2.42. The number of alkyl halides is 2. The van der Waals surface area contributed by atoms with Crippen molar-refractivity contribution in [1.29, 1.82) is 0 Å². The van der Waals surface area contributed by atoms with Gasteiger partial charge >= 0.3 is 0 Å². The highest BCUT2D eigenvalue weighted by atomic mass is 19.3. The third kappa shape index (κ3) is 2.44. The maximum absolute atomic E-state index is 13.5. The van der Waals surface area contributed by atoms with Crippen molar-refractivity contribution in [2.45, 2.75) is 46.1 Å². The summed E-state index contributed by atoms with van der Waals surface area (Å²) in [5, 5.41) is 0. The number of hydrogen-bond acceptors (Lipinski definition) is 1. The van der Waals surface area contributed by atoms with Gasteiger partial charge in [-0.3, -0.25) is 0 Å². The minimum atomic E-state index is -2.46. The number of piperidine rings is 1. The summed E-state index contributed by atoms with van der Waals surface area (Å²) >= 11 is 0. The molecule has 14 heavy (non-hydrogen) atoms. The van der Waals surface area contributed by atoms with E-state index in [4.69, 9.17) is 0 Å². The fraction of sp³-hybridized carbons (Fsp3) is 1.00. The summed E-state index contributed by atoms with van der Waals surface area (Å²) in [7, 11) is 0. The molecule has 0 bridgehead atoms. The van der Waals surface area contributed by atoms with Crippen LogP contribution in [-0.2, 0) is 0 Å². The Morgan fingerprint density at radius 3 is 2.21 bits per heavy atom. The molecule has 0 aliphatic carbocycles. The molecule has 1 unspecified atom stereocenters. The van der Waals surface area contributed by atoms with Crippen LogP contribution in [0, 0.1) is 11.8 Å². The van der Waals surface area contributed by atoms with Crippen molar-refractivity contribution in [3.8, 4) is 0 Å². The normalized spacial score (nSPS) is 28.7. The summed E-state index contributed by atoms with van der Waals surface area (Å²) in [5.41, 5.74) is 0. The molecule has 0 N–H and O–H groups in total. The summed E-state index contributed by atoms with van der Waals surface area (Å²) in [4.78, 5) is 2.15. The van der Waals surface area contributed by atoms with E-state index in [-0.39, 0.29) is 12.3 Å². The number of nitrogens with zero attached hydrogens (tertiary/aromatic N) is 1. The molecule has 0 saturated carbocycles. The Morgan fingerprint density at radius 1 is 1.21 bits per heavy atom. The van der Waals surface area contributed by atoms with E-state index in [9.17, 15) is 8.78 Å². The van der Waals surface area contributed by atoms with Gasteiger partial charge in [0, 0.05) is 31.5 Å². The van der Waals surface area contributed by atoms with Gasteiger partial charge in [-0.15, -0.1) is 0 Å². The molecule has 0 spiro atoms. The molecule has 1 saturated heterocycles. The highest BCUT2D eigenvalue weighted by molar-refractivity contribution is 4.88. The van der Waals surface area contributed by atoms with Crippen LogP contribution in [0.2, 0.25) is 0 Å². The lowest BCUT2D eigenvalue weighted by molar-refractivity contribution is -0.125. The van der Waals surface area contributed by atoms with Crippen LogP contribution in [0.25, 0.3) is 0 Å². The second-order valence-electron chi connectivity index (χ2n) is 4.95. The minimum absolute atomic E-state index is 0.0219. The number of rotatable bonds is 2. The fourth-order valence-electron chi connectivity index (χ4n) is 2.12. The van der Waals surface area contributed by atoms with Gasteiger partial charge in [0.2, 0.25) is 0 Å². The smallest absolute Gasteiger partial charge is 0.253 e. The highest BCUT2D eigenvalue weighted by Gasteiger charge is 2.45. The van der Waals surface area contributed by atoms with Gasteiger partial charge in [0.15, 0.2) is 0 Å². The Kier molecular flexibility index (Phi) is 3.51. The molecule has 1 fully saturated rings. The van der Waals surface area contributed by atoms with Crippen molar-refractivity contribution >= 4 is 0 Å². The molecule has 1 aliphatic heterocycles. The predicted octanol–water partition coefficient (Wildman–Crippen LogP) is 3.01. The van der Waals surface area contributed by atoms with Gasteiger partial charge in [-0.2, -0.15) is 0 Å². The zero-order valence-electron chi connectivity index (χ0n) is 9.56. The number of likely N-dealkylation sites (tertiary alicyclic amines) is 1. The lowest BCUT2D eigenvalue weighted by Crippen LogP contribution is -2.51. The van der Waals surface area contributed by atoms with Gasteiger partial charge in [0.1, 0.15) is 0 Å². The van der Waals surface area contributed by atoms with E-state index < -0.39 is 11.8 Å². The van der Waals surface area contributed by atoms with Crippen LogP contribution in [0.3, 0.4) is 0 Å². The minimum Gasteiger partial charge on any atom is -0.300 e. The average Bonchev–Trinajstić information content (AvgIpc) is 2.02. The molecule has 1 nitrogen and oxygen atoms in total. The highest BCUT2D eigenvalue weighted by Crippen LogP contribution is 2.38. The van der Waals surface area contributed by atoms with E-state index in [1.807, 2.05) is 13.8 Å². The molecule has 0 radical (unpaired) electrons. The first kappa shape index (κ1) is 11.9. The van der Waals surface area contributed by atoms with Gasteiger partial charge in [-0.1, -0.05) is 13.8 Å². The maximum atomic E-state index is 13.5. The quantitative estimate of drug-likeness (QED) is 0.670. The molecule has 1 heterocycles. The van der Waals surface area contributed by atoms with Gasteiger partial charge in [-0.25, -0.2) is 8.78 Å². The summed E-state index contributed by atoms with van der Waals surface area (Å²) in [6.45, 7) is 9.00. The first-order valence-electron chi connectivity index (χ1n) is 5.46. The Bertz CT molecular complexity index is 190. The zero-order chi connectivity index (χ0) is 10.9. The largest absolute Gasteiger partial charge is 0.300 e. The third-order valence-corrected chi connectivity index (χ3v) is 3.24. The Balaban J connectivity index is 2.68. The molecule has 84 valence electrons. The molecule has 3 heteroatoms. The molecule has 0 aromatic carbocycles. The maximum Gasteiger partial charge on any atom is 0.253 e. The molecule has 0 aromatic heterocycles. The summed E-state index contributed by atoms with van der Waals surface area (Å²) in [5.74, 6) is -2.87. The fourth-order valence-corrected chi connectivity index (χ4v) is 2.12. The van der Waals surface area contributed by atoms with Crippen molar-refractivity contribution in [3.63, 3.8) is 0 Å². The van der Waals surface area contributed by atoms with Crippen LogP contribution in [0.5, 0.6) is 0 Å². The molecule has 1 aliphatic rings. The summed E-state index contributed by atoms with van der Waals surface area (Å²) < 4.78 is 27.1. The standard InChI is InChI=1S/C11H21F2N/c1-8(2)10-7-14(9(3)4)6-5-11(10,12)13/h8-10H,5-7H2,1-4H3. The molecular formula is C11H21F2N. The van der Waals surface area contributed by atoms with Crippen LogP contribution in [0.1, 0.15) is 34.1 Å². The van der Waals surface area contributed by atoms with Crippen molar-refractivity contribution in [2.75, 3.05) is 13.1 Å². The van der Waals surface area contributed by atoms with E-state index in [0.29, 0.717) is 19.1 Å². The third-order valence-electron chi connectivity index (χ3n) is 3.24.